The molecule has 0 atom stereocenters. The molecule has 1 N–H and O–H groups in total. The molecule has 3 rings (SSSR count). The van der Waals surface area contributed by atoms with Crippen LogP contribution in [0.1, 0.15) is 5.56 Å². The summed E-state index contributed by atoms with van der Waals surface area (Å²) in [5.74, 6) is 0.896. The van der Waals surface area contributed by atoms with E-state index in [9.17, 15) is 0 Å². The summed E-state index contributed by atoms with van der Waals surface area (Å²) < 4.78 is 6.51. The summed E-state index contributed by atoms with van der Waals surface area (Å²) in [5, 5.41) is 2.43. The van der Waals surface area contributed by atoms with Crippen LogP contribution in [0.25, 0.3) is 21.8 Å². The topological polar surface area (TPSA) is 25.0 Å². The summed E-state index contributed by atoms with van der Waals surface area (Å²) in [7, 11) is 1.70. The van der Waals surface area contributed by atoms with Crippen molar-refractivity contribution in [1.82, 2.24) is 4.98 Å². The van der Waals surface area contributed by atoms with Gasteiger partial charge in [-0.25, -0.2) is 0 Å². The number of hydrogen-bond acceptors (Lipinski definition) is 1. The molecule has 0 bridgehead atoms. The van der Waals surface area contributed by atoms with Gasteiger partial charge in [0.15, 0.2) is 0 Å². The van der Waals surface area contributed by atoms with Gasteiger partial charge < -0.3 is 9.72 Å². The first-order chi connectivity index (χ1) is 8.19. The lowest BCUT2D eigenvalue weighted by Crippen LogP contribution is -1.85. The van der Waals surface area contributed by atoms with Gasteiger partial charge in [-0.15, -0.1) is 0 Å². The number of ether oxygens (including phenoxy) is 1. The second kappa shape index (κ2) is 3.77. The third kappa shape index (κ3) is 1.62. The zero-order valence-corrected chi connectivity index (χ0v) is 11.3. The lowest BCUT2D eigenvalue weighted by Gasteiger charge is -2.03. The SMILES string of the molecule is COc1cc(C)cc2c1[nH]c1ccc(Br)cc12. The third-order valence-electron chi connectivity index (χ3n) is 3.00. The fourth-order valence-electron chi connectivity index (χ4n) is 2.24. The van der Waals surface area contributed by atoms with E-state index in [1.165, 1.54) is 16.3 Å². The number of H-pyrrole nitrogens is 1. The fourth-order valence-corrected chi connectivity index (χ4v) is 2.60. The molecule has 0 spiro atoms. The van der Waals surface area contributed by atoms with E-state index >= 15 is 0 Å². The van der Waals surface area contributed by atoms with Crippen LogP contribution in [0.15, 0.2) is 34.8 Å². The molecule has 3 aromatic rings. The Morgan fingerprint density at radius 2 is 1.94 bits per heavy atom. The molecule has 3 heteroatoms. The van der Waals surface area contributed by atoms with Crippen molar-refractivity contribution in [3.05, 3.63) is 40.4 Å². The van der Waals surface area contributed by atoms with Crippen LogP contribution in [0.4, 0.5) is 0 Å². The van der Waals surface area contributed by atoms with Gasteiger partial charge in [-0.2, -0.15) is 0 Å². The van der Waals surface area contributed by atoms with Crippen molar-refractivity contribution in [3.63, 3.8) is 0 Å². The first-order valence-corrected chi connectivity index (χ1v) is 6.24. The molecule has 0 saturated carbocycles. The highest BCUT2D eigenvalue weighted by Crippen LogP contribution is 2.34. The van der Waals surface area contributed by atoms with E-state index in [1.54, 1.807) is 7.11 Å². The molecule has 0 unspecified atom stereocenters. The summed E-state index contributed by atoms with van der Waals surface area (Å²) in [6, 6.07) is 10.5. The number of methoxy groups -OCH3 is 1. The normalized spacial score (nSPS) is 11.2. The fraction of sp³-hybridized carbons (Fsp3) is 0.143. The third-order valence-corrected chi connectivity index (χ3v) is 3.49. The van der Waals surface area contributed by atoms with E-state index in [0.29, 0.717) is 0 Å². The minimum atomic E-state index is 0.896. The van der Waals surface area contributed by atoms with Gasteiger partial charge in [-0.05, 0) is 42.8 Å². The van der Waals surface area contributed by atoms with E-state index in [2.05, 4.69) is 46.0 Å². The number of hydrogen-bond donors (Lipinski definition) is 1. The lowest BCUT2D eigenvalue weighted by molar-refractivity contribution is 0.419. The van der Waals surface area contributed by atoms with Crippen molar-refractivity contribution in [2.75, 3.05) is 7.11 Å². The Labute approximate surface area is 108 Å². The molecule has 0 aliphatic carbocycles. The van der Waals surface area contributed by atoms with E-state index in [4.69, 9.17) is 4.74 Å². The number of nitrogens with one attached hydrogen (secondary N) is 1. The molecule has 0 radical (unpaired) electrons. The average molecular weight is 290 g/mol. The standard InChI is InChI=1S/C14H12BrNO/c1-8-5-11-10-7-9(15)3-4-12(10)16-14(11)13(6-8)17-2/h3-7,16H,1-2H3. The molecule has 0 aliphatic rings. The quantitative estimate of drug-likeness (QED) is 0.706. The summed E-state index contributed by atoms with van der Waals surface area (Å²) in [4.78, 5) is 3.41. The van der Waals surface area contributed by atoms with E-state index in [1.807, 2.05) is 12.1 Å². The number of halogens is 1. The van der Waals surface area contributed by atoms with Gasteiger partial charge in [-0.1, -0.05) is 15.9 Å². The van der Waals surface area contributed by atoms with E-state index in [0.717, 1.165) is 21.3 Å². The Morgan fingerprint density at radius 3 is 2.71 bits per heavy atom. The highest BCUT2D eigenvalue weighted by Gasteiger charge is 2.09. The molecule has 1 aromatic heterocycles. The molecule has 2 nitrogen and oxygen atoms in total. The molecule has 0 aliphatic heterocycles. The summed E-state index contributed by atoms with van der Waals surface area (Å²) in [5.41, 5.74) is 3.40. The number of rotatable bonds is 1. The second-order valence-electron chi connectivity index (χ2n) is 4.20. The lowest BCUT2D eigenvalue weighted by atomic mass is 10.1. The van der Waals surface area contributed by atoms with Crippen LogP contribution in [0.3, 0.4) is 0 Å². The van der Waals surface area contributed by atoms with Gasteiger partial charge in [0.05, 0.1) is 12.6 Å². The van der Waals surface area contributed by atoms with Crippen LogP contribution >= 0.6 is 15.9 Å². The molecule has 0 saturated heterocycles. The Bertz CT molecular complexity index is 715. The molecular weight excluding hydrogens is 278 g/mol. The van der Waals surface area contributed by atoms with Crippen LogP contribution in [0.2, 0.25) is 0 Å². The van der Waals surface area contributed by atoms with Crippen molar-refractivity contribution in [2.45, 2.75) is 6.92 Å². The zero-order chi connectivity index (χ0) is 12.0. The van der Waals surface area contributed by atoms with Crippen LogP contribution in [0, 0.1) is 6.92 Å². The smallest absolute Gasteiger partial charge is 0.143 e. The largest absolute Gasteiger partial charge is 0.495 e. The first-order valence-electron chi connectivity index (χ1n) is 5.44. The highest BCUT2D eigenvalue weighted by molar-refractivity contribution is 9.10. The molecule has 0 amide bonds. The van der Waals surface area contributed by atoms with Gasteiger partial charge >= 0.3 is 0 Å². The maximum Gasteiger partial charge on any atom is 0.143 e. The predicted octanol–water partition coefficient (Wildman–Crippen LogP) is 4.40. The van der Waals surface area contributed by atoms with Crippen LogP contribution in [0.5, 0.6) is 5.75 Å². The van der Waals surface area contributed by atoms with Gasteiger partial charge in [0.25, 0.3) is 0 Å². The second-order valence-corrected chi connectivity index (χ2v) is 5.12. The van der Waals surface area contributed by atoms with Crippen LogP contribution in [-0.2, 0) is 0 Å². The highest BCUT2D eigenvalue weighted by atomic mass is 79.9. The van der Waals surface area contributed by atoms with Crippen molar-refractivity contribution in [2.24, 2.45) is 0 Å². The molecule has 86 valence electrons. The average Bonchev–Trinajstić information content (AvgIpc) is 2.66. The van der Waals surface area contributed by atoms with Gasteiger partial charge in [0, 0.05) is 20.8 Å². The minimum absolute atomic E-state index is 0.896. The van der Waals surface area contributed by atoms with Crippen molar-refractivity contribution in [3.8, 4) is 5.75 Å². The molecule has 2 aromatic carbocycles. The number of aryl methyl sites for hydroxylation is 1. The van der Waals surface area contributed by atoms with Gasteiger partial charge in [-0.3, -0.25) is 0 Å². The van der Waals surface area contributed by atoms with Crippen molar-refractivity contribution >= 4 is 37.7 Å². The van der Waals surface area contributed by atoms with Gasteiger partial charge in [0.2, 0.25) is 0 Å². The molecule has 1 heterocycles. The van der Waals surface area contributed by atoms with Crippen molar-refractivity contribution < 1.29 is 4.74 Å². The number of aromatic amines is 1. The Balaban J connectivity index is 2.52. The van der Waals surface area contributed by atoms with Crippen LogP contribution in [-0.4, -0.2) is 12.1 Å². The zero-order valence-electron chi connectivity index (χ0n) is 9.67. The molecular formula is C14H12BrNO. The Hall–Kier alpha value is -1.48. The van der Waals surface area contributed by atoms with E-state index in [-0.39, 0.29) is 0 Å². The van der Waals surface area contributed by atoms with E-state index < -0.39 is 0 Å². The Morgan fingerprint density at radius 1 is 1.12 bits per heavy atom. The molecule has 0 fully saturated rings. The minimum Gasteiger partial charge on any atom is -0.495 e. The predicted molar refractivity (Wildman–Crippen MR) is 74.8 cm³/mol. The first kappa shape index (κ1) is 10.7. The number of fused-ring (bicyclic) bond motifs is 3. The monoisotopic (exact) mass is 289 g/mol. The van der Waals surface area contributed by atoms with Crippen LogP contribution < -0.4 is 4.74 Å². The summed E-state index contributed by atoms with van der Waals surface area (Å²) in [6.07, 6.45) is 0. The Kier molecular flexibility index (Phi) is 2.37. The van der Waals surface area contributed by atoms with Crippen molar-refractivity contribution in [1.29, 1.82) is 0 Å². The summed E-state index contributed by atoms with van der Waals surface area (Å²) >= 11 is 3.51. The maximum atomic E-state index is 5.43. The van der Waals surface area contributed by atoms with Gasteiger partial charge in [0.1, 0.15) is 5.75 Å². The number of aromatic nitrogens is 1. The number of benzene rings is 2. The summed E-state index contributed by atoms with van der Waals surface area (Å²) in [6.45, 7) is 2.08. The molecule has 17 heavy (non-hydrogen) atoms. The maximum absolute atomic E-state index is 5.43.